The molecule has 0 fully saturated rings. The number of aliphatic carboxylic acids is 1. The third-order valence-electron chi connectivity index (χ3n) is 2.82. The molecule has 1 aliphatic heterocycles. The van der Waals surface area contributed by atoms with Crippen LogP contribution in [0.3, 0.4) is 0 Å². The standard InChI is InChI=1S/C13H16O5/c14-11(7-17-8-13(15)16)9-3-4-12-10(6-9)2-1-5-18-12/h3-4,6,11,14H,1-2,5,7-8H2,(H,15,16). The summed E-state index contributed by atoms with van der Waals surface area (Å²) < 4.78 is 10.4. The molecule has 2 N–H and O–H groups in total. The van der Waals surface area contributed by atoms with Crippen LogP contribution in [0.1, 0.15) is 23.7 Å². The summed E-state index contributed by atoms with van der Waals surface area (Å²) in [5.41, 5.74) is 1.81. The van der Waals surface area contributed by atoms with Crippen molar-refractivity contribution in [2.24, 2.45) is 0 Å². The lowest BCUT2D eigenvalue weighted by Gasteiger charge is -2.19. The van der Waals surface area contributed by atoms with E-state index in [9.17, 15) is 9.90 Å². The van der Waals surface area contributed by atoms with Crippen LogP contribution >= 0.6 is 0 Å². The topological polar surface area (TPSA) is 76.0 Å². The van der Waals surface area contributed by atoms with Crippen molar-refractivity contribution in [3.8, 4) is 5.75 Å². The van der Waals surface area contributed by atoms with Gasteiger partial charge in [-0.3, -0.25) is 0 Å². The van der Waals surface area contributed by atoms with Crippen LogP contribution in [0.4, 0.5) is 0 Å². The molecule has 98 valence electrons. The first-order chi connectivity index (χ1) is 8.66. The zero-order valence-electron chi connectivity index (χ0n) is 9.96. The fourth-order valence-corrected chi connectivity index (χ4v) is 1.94. The third-order valence-corrected chi connectivity index (χ3v) is 2.82. The number of ether oxygens (including phenoxy) is 2. The number of aliphatic hydroxyl groups is 1. The van der Waals surface area contributed by atoms with E-state index in [0.29, 0.717) is 0 Å². The van der Waals surface area contributed by atoms with Crippen LogP contribution in [0, 0.1) is 0 Å². The number of hydrogen-bond acceptors (Lipinski definition) is 4. The zero-order valence-corrected chi connectivity index (χ0v) is 9.96. The van der Waals surface area contributed by atoms with Crippen molar-refractivity contribution in [2.45, 2.75) is 18.9 Å². The van der Waals surface area contributed by atoms with Crippen LogP contribution in [0.2, 0.25) is 0 Å². The number of aliphatic hydroxyl groups excluding tert-OH is 1. The summed E-state index contributed by atoms with van der Waals surface area (Å²) in [6.45, 7) is 0.313. The molecule has 0 aliphatic carbocycles. The van der Waals surface area contributed by atoms with Crippen molar-refractivity contribution in [2.75, 3.05) is 19.8 Å². The molecule has 1 unspecified atom stereocenters. The van der Waals surface area contributed by atoms with Gasteiger partial charge >= 0.3 is 5.97 Å². The molecule has 0 radical (unpaired) electrons. The van der Waals surface area contributed by atoms with Crippen LogP contribution in [-0.2, 0) is 16.0 Å². The van der Waals surface area contributed by atoms with E-state index in [2.05, 4.69) is 0 Å². The van der Waals surface area contributed by atoms with E-state index in [1.54, 1.807) is 6.07 Å². The number of aryl methyl sites for hydroxylation is 1. The number of carbonyl (C=O) groups is 1. The molecule has 0 bridgehead atoms. The zero-order chi connectivity index (χ0) is 13.0. The highest BCUT2D eigenvalue weighted by Crippen LogP contribution is 2.27. The fraction of sp³-hybridized carbons (Fsp3) is 0.462. The molecule has 0 saturated heterocycles. The molecule has 1 aromatic carbocycles. The minimum Gasteiger partial charge on any atom is -0.493 e. The molecule has 0 spiro atoms. The Kier molecular flexibility index (Phi) is 4.17. The van der Waals surface area contributed by atoms with Gasteiger partial charge in [-0.05, 0) is 36.1 Å². The molecular formula is C13H16O5. The SMILES string of the molecule is O=C(O)COCC(O)c1ccc2c(c1)CCCO2. The largest absolute Gasteiger partial charge is 0.493 e. The summed E-state index contributed by atoms with van der Waals surface area (Å²) in [5.74, 6) is -0.176. The molecule has 0 aromatic heterocycles. The molecule has 1 atom stereocenters. The van der Waals surface area contributed by atoms with Crippen LogP contribution in [-0.4, -0.2) is 36.0 Å². The van der Waals surface area contributed by atoms with E-state index in [4.69, 9.17) is 14.6 Å². The van der Waals surface area contributed by atoms with Crippen molar-refractivity contribution >= 4 is 5.97 Å². The molecule has 5 heteroatoms. The van der Waals surface area contributed by atoms with Crippen molar-refractivity contribution < 1.29 is 24.5 Å². The normalized spacial score (nSPS) is 15.6. The Morgan fingerprint density at radius 2 is 2.33 bits per heavy atom. The van der Waals surface area contributed by atoms with Crippen molar-refractivity contribution in [1.82, 2.24) is 0 Å². The summed E-state index contributed by atoms with van der Waals surface area (Å²) in [6, 6.07) is 5.51. The highest BCUT2D eigenvalue weighted by atomic mass is 16.5. The van der Waals surface area contributed by atoms with E-state index in [-0.39, 0.29) is 6.61 Å². The van der Waals surface area contributed by atoms with Gasteiger partial charge in [-0.15, -0.1) is 0 Å². The van der Waals surface area contributed by atoms with Gasteiger partial charge in [0.2, 0.25) is 0 Å². The Morgan fingerprint density at radius 3 is 3.11 bits per heavy atom. The number of carboxylic acid groups (broad SMARTS) is 1. The minimum atomic E-state index is -1.04. The van der Waals surface area contributed by atoms with E-state index in [0.717, 1.165) is 36.3 Å². The lowest BCUT2D eigenvalue weighted by molar-refractivity contribution is -0.143. The summed E-state index contributed by atoms with van der Waals surface area (Å²) in [4.78, 5) is 10.3. The van der Waals surface area contributed by atoms with Gasteiger partial charge in [0, 0.05) is 0 Å². The fourth-order valence-electron chi connectivity index (χ4n) is 1.94. The summed E-state index contributed by atoms with van der Waals surface area (Å²) in [5, 5.41) is 18.3. The maximum atomic E-state index is 10.3. The van der Waals surface area contributed by atoms with Gasteiger partial charge in [-0.2, -0.15) is 0 Å². The second-order valence-corrected chi connectivity index (χ2v) is 4.24. The molecule has 1 aliphatic rings. The van der Waals surface area contributed by atoms with Gasteiger partial charge in [0.25, 0.3) is 0 Å². The first-order valence-corrected chi connectivity index (χ1v) is 5.90. The minimum absolute atomic E-state index is 0.0219. The second-order valence-electron chi connectivity index (χ2n) is 4.24. The molecule has 5 nitrogen and oxygen atoms in total. The third kappa shape index (κ3) is 3.21. The van der Waals surface area contributed by atoms with Crippen molar-refractivity contribution in [1.29, 1.82) is 0 Å². The maximum Gasteiger partial charge on any atom is 0.329 e. The van der Waals surface area contributed by atoms with E-state index >= 15 is 0 Å². The van der Waals surface area contributed by atoms with Gasteiger partial charge in [0.05, 0.1) is 13.2 Å². The molecule has 1 aromatic rings. The number of benzene rings is 1. The first kappa shape index (κ1) is 12.9. The average Bonchev–Trinajstić information content (AvgIpc) is 2.37. The van der Waals surface area contributed by atoms with E-state index in [1.807, 2.05) is 12.1 Å². The molecular weight excluding hydrogens is 236 g/mol. The lowest BCUT2D eigenvalue weighted by Crippen LogP contribution is -2.14. The maximum absolute atomic E-state index is 10.3. The summed E-state index contributed by atoms with van der Waals surface area (Å²) in [6.07, 6.45) is 1.10. The monoisotopic (exact) mass is 252 g/mol. The van der Waals surface area contributed by atoms with Crippen molar-refractivity contribution in [3.05, 3.63) is 29.3 Å². The molecule has 0 amide bonds. The van der Waals surface area contributed by atoms with Gasteiger partial charge in [-0.25, -0.2) is 4.79 Å². The molecule has 2 rings (SSSR count). The van der Waals surface area contributed by atoms with Crippen molar-refractivity contribution in [3.63, 3.8) is 0 Å². The highest BCUT2D eigenvalue weighted by molar-refractivity contribution is 5.67. The predicted octanol–water partition coefficient (Wildman–Crippen LogP) is 1.15. The quantitative estimate of drug-likeness (QED) is 0.822. The molecule has 18 heavy (non-hydrogen) atoms. The number of hydrogen-bond donors (Lipinski definition) is 2. The Bertz CT molecular complexity index is 429. The van der Waals surface area contributed by atoms with Crippen LogP contribution in [0.5, 0.6) is 5.75 Å². The van der Waals surface area contributed by atoms with E-state index < -0.39 is 18.7 Å². The van der Waals surface area contributed by atoms with E-state index in [1.165, 1.54) is 0 Å². The van der Waals surface area contributed by atoms with Gasteiger partial charge in [-0.1, -0.05) is 6.07 Å². The first-order valence-electron chi connectivity index (χ1n) is 5.90. The lowest BCUT2D eigenvalue weighted by atomic mass is 10.0. The summed E-state index contributed by atoms with van der Waals surface area (Å²) in [7, 11) is 0. The Labute approximate surface area is 105 Å². The Balaban J connectivity index is 1.97. The highest BCUT2D eigenvalue weighted by Gasteiger charge is 2.14. The number of fused-ring (bicyclic) bond motifs is 1. The Hall–Kier alpha value is -1.59. The number of carboxylic acids is 1. The van der Waals surface area contributed by atoms with Gasteiger partial charge in [0.15, 0.2) is 0 Å². The summed E-state index contributed by atoms with van der Waals surface area (Å²) >= 11 is 0. The predicted molar refractivity (Wildman–Crippen MR) is 63.7 cm³/mol. The van der Waals surface area contributed by atoms with Crippen LogP contribution in [0.25, 0.3) is 0 Å². The van der Waals surface area contributed by atoms with Crippen LogP contribution < -0.4 is 4.74 Å². The number of rotatable bonds is 5. The van der Waals surface area contributed by atoms with Gasteiger partial charge in [0.1, 0.15) is 18.5 Å². The van der Waals surface area contributed by atoms with Crippen LogP contribution in [0.15, 0.2) is 18.2 Å². The van der Waals surface area contributed by atoms with Gasteiger partial charge < -0.3 is 19.7 Å². The Morgan fingerprint density at radius 1 is 1.50 bits per heavy atom. The molecule has 0 saturated carbocycles. The molecule has 1 heterocycles. The average molecular weight is 252 g/mol. The smallest absolute Gasteiger partial charge is 0.329 e. The second kappa shape index (κ2) is 5.84.